The van der Waals surface area contributed by atoms with Crippen LogP contribution in [-0.2, 0) is 17.8 Å². The number of ether oxygens (including phenoxy) is 1. The van der Waals surface area contributed by atoms with Crippen molar-refractivity contribution in [3.05, 3.63) is 51.1 Å². The highest BCUT2D eigenvalue weighted by molar-refractivity contribution is 7.99. The quantitative estimate of drug-likeness (QED) is 0.366. The summed E-state index contributed by atoms with van der Waals surface area (Å²) in [5.74, 6) is 1.57. The molecule has 1 aromatic carbocycles. The van der Waals surface area contributed by atoms with Gasteiger partial charge in [-0.2, -0.15) is 0 Å². The zero-order valence-electron chi connectivity index (χ0n) is 17.5. The highest BCUT2D eigenvalue weighted by Gasteiger charge is 2.33. The Balaban J connectivity index is 1.88. The maximum absolute atomic E-state index is 13.8. The molecule has 0 N–H and O–H groups in total. The Morgan fingerprint density at radius 1 is 1.31 bits per heavy atom. The van der Waals surface area contributed by atoms with E-state index in [0.29, 0.717) is 12.5 Å². The van der Waals surface area contributed by atoms with Crippen LogP contribution in [0.1, 0.15) is 51.0 Å². The highest BCUT2D eigenvalue weighted by Crippen LogP contribution is 2.39. The maximum atomic E-state index is 13.8. The molecule has 0 amide bonds. The van der Waals surface area contributed by atoms with E-state index < -0.39 is 0 Å². The highest BCUT2D eigenvalue weighted by atomic mass is 32.2. The second kappa shape index (κ2) is 8.25. The maximum Gasteiger partial charge on any atom is 0.267 e. The summed E-state index contributed by atoms with van der Waals surface area (Å²) in [4.78, 5) is 20.7. The molecule has 0 saturated carbocycles. The van der Waals surface area contributed by atoms with Crippen LogP contribution in [0.15, 0.2) is 40.3 Å². The largest absolute Gasteiger partial charge is 0.369 e. The number of fused-ring (bicyclic) bond motifs is 3. The minimum Gasteiger partial charge on any atom is -0.369 e. The zero-order valence-corrected chi connectivity index (χ0v) is 19.2. The van der Waals surface area contributed by atoms with Crippen LogP contribution in [0.5, 0.6) is 0 Å². The summed E-state index contributed by atoms with van der Waals surface area (Å²) in [5, 5.41) is 1.57. The first-order chi connectivity index (χ1) is 13.9. The third-order valence-electron chi connectivity index (χ3n) is 5.67. The molecule has 1 unspecified atom stereocenters. The van der Waals surface area contributed by atoms with Crippen LogP contribution in [-0.4, -0.2) is 20.9 Å². The van der Waals surface area contributed by atoms with Gasteiger partial charge in [-0.1, -0.05) is 50.7 Å². The van der Waals surface area contributed by atoms with E-state index in [0.717, 1.165) is 56.5 Å². The number of nitrogens with zero attached hydrogens (tertiary/aromatic N) is 2. The topological polar surface area (TPSA) is 44.1 Å². The zero-order chi connectivity index (χ0) is 20.6. The molecule has 3 aromatic rings. The molecule has 1 atom stereocenters. The molecule has 0 radical (unpaired) electrons. The van der Waals surface area contributed by atoms with E-state index in [-0.39, 0.29) is 11.2 Å². The number of rotatable bonds is 6. The van der Waals surface area contributed by atoms with Crippen LogP contribution in [0.2, 0.25) is 0 Å². The molecule has 0 spiro atoms. The van der Waals surface area contributed by atoms with Gasteiger partial charge in [-0.15, -0.1) is 11.3 Å². The van der Waals surface area contributed by atoms with Crippen molar-refractivity contribution in [3.63, 3.8) is 0 Å². The second-order valence-corrected chi connectivity index (χ2v) is 10.5. The van der Waals surface area contributed by atoms with E-state index in [1.165, 1.54) is 0 Å². The van der Waals surface area contributed by atoms with E-state index in [9.17, 15) is 4.79 Å². The summed E-state index contributed by atoms with van der Waals surface area (Å²) >= 11 is 3.30. The first-order valence-corrected chi connectivity index (χ1v) is 12.1. The minimum atomic E-state index is -0.213. The van der Waals surface area contributed by atoms with Gasteiger partial charge in [-0.05, 0) is 43.4 Å². The molecule has 0 fully saturated rings. The Kier molecular flexibility index (Phi) is 5.87. The van der Waals surface area contributed by atoms with Crippen molar-refractivity contribution in [2.75, 3.05) is 5.75 Å². The monoisotopic (exact) mass is 428 g/mol. The SMILES string of the molecule is CCC1(C)Cc2c(sc3nc(SCCC(C)C)n(-c4ccccc4)c(=O)c23)CO1. The van der Waals surface area contributed by atoms with Gasteiger partial charge < -0.3 is 4.74 Å². The molecule has 154 valence electrons. The fraction of sp³-hybridized carbons (Fsp3) is 0.478. The van der Waals surface area contributed by atoms with Crippen molar-refractivity contribution in [1.29, 1.82) is 0 Å². The summed E-state index contributed by atoms with van der Waals surface area (Å²) in [5.41, 5.74) is 1.85. The Bertz CT molecular complexity index is 1070. The Morgan fingerprint density at radius 2 is 2.07 bits per heavy atom. The average Bonchev–Trinajstić information content (AvgIpc) is 3.06. The number of para-hydroxylation sites is 1. The number of hydrogen-bond donors (Lipinski definition) is 0. The van der Waals surface area contributed by atoms with E-state index in [1.807, 2.05) is 30.3 Å². The Labute approximate surface area is 180 Å². The summed E-state index contributed by atoms with van der Waals surface area (Å²) in [6.07, 6.45) is 2.79. The lowest BCUT2D eigenvalue weighted by Crippen LogP contribution is -2.34. The van der Waals surface area contributed by atoms with Crippen molar-refractivity contribution >= 4 is 33.3 Å². The molecular formula is C23H28N2O2S2. The predicted octanol–water partition coefficient (Wildman–Crippen LogP) is 5.83. The molecular weight excluding hydrogens is 400 g/mol. The lowest BCUT2D eigenvalue weighted by Gasteiger charge is -2.32. The Hall–Kier alpha value is -1.63. The van der Waals surface area contributed by atoms with Gasteiger partial charge in [0.05, 0.1) is 23.3 Å². The van der Waals surface area contributed by atoms with Gasteiger partial charge in [0.25, 0.3) is 5.56 Å². The van der Waals surface area contributed by atoms with Crippen LogP contribution >= 0.6 is 23.1 Å². The van der Waals surface area contributed by atoms with E-state index in [4.69, 9.17) is 9.72 Å². The first-order valence-electron chi connectivity index (χ1n) is 10.3. The Morgan fingerprint density at radius 3 is 2.76 bits per heavy atom. The third-order valence-corrected chi connectivity index (χ3v) is 7.74. The van der Waals surface area contributed by atoms with Crippen molar-refractivity contribution in [2.45, 2.75) is 64.3 Å². The molecule has 6 heteroatoms. The fourth-order valence-electron chi connectivity index (χ4n) is 3.62. The first kappa shape index (κ1) is 20.6. The van der Waals surface area contributed by atoms with Gasteiger partial charge in [-0.25, -0.2) is 4.98 Å². The number of benzene rings is 1. The molecule has 0 bridgehead atoms. The second-order valence-electron chi connectivity index (χ2n) is 8.35. The molecule has 0 aliphatic carbocycles. The number of hydrogen-bond acceptors (Lipinski definition) is 5. The summed E-state index contributed by atoms with van der Waals surface area (Å²) in [6, 6.07) is 9.89. The smallest absolute Gasteiger partial charge is 0.267 e. The molecule has 3 heterocycles. The van der Waals surface area contributed by atoms with E-state index in [1.54, 1.807) is 27.7 Å². The van der Waals surface area contributed by atoms with Crippen LogP contribution in [0.3, 0.4) is 0 Å². The molecule has 1 aliphatic rings. The van der Waals surface area contributed by atoms with E-state index >= 15 is 0 Å². The van der Waals surface area contributed by atoms with Crippen LogP contribution in [0.4, 0.5) is 0 Å². The third kappa shape index (κ3) is 4.03. The summed E-state index contributed by atoms with van der Waals surface area (Å²) in [6.45, 7) is 9.29. The average molecular weight is 429 g/mol. The van der Waals surface area contributed by atoms with Crippen molar-refractivity contribution in [3.8, 4) is 5.69 Å². The fourth-order valence-corrected chi connectivity index (χ4v) is 6.01. The standard InChI is InChI=1S/C23H28N2O2S2/c1-5-23(4)13-17-18(14-27-23)29-20-19(17)21(26)25(16-9-7-6-8-10-16)22(24-20)28-12-11-15(2)3/h6-10,15H,5,11-14H2,1-4H3. The van der Waals surface area contributed by atoms with Crippen LogP contribution in [0, 0.1) is 5.92 Å². The molecule has 4 rings (SSSR count). The van der Waals surface area contributed by atoms with Gasteiger partial charge >= 0.3 is 0 Å². The van der Waals surface area contributed by atoms with Crippen molar-refractivity contribution in [2.24, 2.45) is 5.92 Å². The predicted molar refractivity (Wildman–Crippen MR) is 123 cm³/mol. The normalized spacial score (nSPS) is 19.1. The van der Waals surface area contributed by atoms with Crippen LogP contribution < -0.4 is 5.56 Å². The summed E-state index contributed by atoms with van der Waals surface area (Å²) in [7, 11) is 0. The minimum absolute atomic E-state index is 0.0473. The molecule has 4 nitrogen and oxygen atoms in total. The summed E-state index contributed by atoms with van der Waals surface area (Å²) < 4.78 is 7.92. The van der Waals surface area contributed by atoms with Gasteiger partial charge in [0.2, 0.25) is 0 Å². The lowest BCUT2D eigenvalue weighted by molar-refractivity contribution is -0.0543. The number of thioether (sulfide) groups is 1. The van der Waals surface area contributed by atoms with E-state index in [2.05, 4.69) is 27.7 Å². The van der Waals surface area contributed by atoms with Gasteiger partial charge in [0, 0.05) is 17.1 Å². The van der Waals surface area contributed by atoms with Gasteiger partial charge in [-0.3, -0.25) is 9.36 Å². The molecule has 2 aromatic heterocycles. The van der Waals surface area contributed by atoms with Crippen molar-refractivity contribution < 1.29 is 4.74 Å². The number of thiophene rings is 1. The molecule has 1 aliphatic heterocycles. The lowest BCUT2D eigenvalue weighted by atomic mass is 9.90. The van der Waals surface area contributed by atoms with Gasteiger partial charge in [0.1, 0.15) is 4.83 Å². The molecule has 29 heavy (non-hydrogen) atoms. The molecule has 0 saturated heterocycles. The van der Waals surface area contributed by atoms with Gasteiger partial charge in [0.15, 0.2) is 5.16 Å². The van der Waals surface area contributed by atoms with Crippen molar-refractivity contribution in [1.82, 2.24) is 9.55 Å². The van der Waals surface area contributed by atoms with Crippen LogP contribution in [0.25, 0.3) is 15.9 Å². The number of aromatic nitrogens is 2.